The first-order valence-corrected chi connectivity index (χ1v) is 11.3. The molecule has 0 aliphatic carbocycles. The number of aromatic amines is 1. The minimum atomic E-state index is -2.88. The molecule has 2 amide bonds. The van der Waals surface area contributed by atoms with Gasteiger partial charge in [-0.3, -0.25) is 4.79 Å². The summed E-state index contributed by atoms with van der Waals surface area (Å²) < 4.78 is 35.3. The van der Waals surface area contributed by atoms with Crippen molar-refractivity contribution in [3.8, 4) is 11.3 Å². The number of imidazole rings is 1. The molecular formula is C22H27BrF2N4O4. The second-order valence-electron chi connectivity index (χ2n) is 8.25. The predicted molar refractivity (Wildman–Crippen MR) is 120 cm³/mol. The van der Waals surface area contributed by atoms with Gasteiger partial charge in [-0.15, -0.1) is 0 Å². The highest BCUT2D eigenvalue weighted by Gasteiger charge is 2.41. The van der Waals surface area contributed by atoms with Crippen LogP contribution in [0.15, 0.2) is 34.9 Å². The van der Waals surface area contributed by atoms with Gasteiger partial charge in [0.05, 0.1) is 31.6 Å². The number of ether oxygens (including phenoxy) is 2. The standard InChI is InChI=1S/C22H27BrF2N4O4/c1-12(2)18(28-22(31)32-3)20(30)29-10-13(11-33-21(24)25)8-17(29)19-26-9-16(27-19)14-4-6-15(23)7-5-14/h4-7,9,12-13,17-18,21H,8,10-11H2,1-3H3,(H,26,27)(H,28,31). The molecule has 1 aliphatic heterocycles. The summed E-state index contributed by atoms with van der Waals surface area (Å²) in [5.41, 5.74) is 1.68. The lowest BCUT2D eigenvalue weighted by atomic mass is 10.0. The highest BCUT2D eigenvalue weighted by Crippen LogP contribution is 2.36. The SMILES string of the molecule is COC(=O)NC(C(=O)N1CC(COC(F)F)CC1c1ncc(-c2ccc(Br)cc2)[nH]1)C(C)C. The largest absolute Gasteiger partial charge is 0.453 e. The summed E-state index contributed by atoms with van der Waals surface area (Å²) >= 11 is 3.41. The van der Waals surface area contributed by atoms with Gasteiger partial charge in [0.1, 0.15) is 11.9 Å². The van der Waals surface area contributed by atoms with Crippen LogP contribution in [0.1, 0.15) is 32.1 Å². The first kappa shape index (κ1) is 25.1. The fraction of sp³-hybridized carbons (Fsp3) is 0.500. The number of hydrogen-bond donors (Lipinski definition) is 2. The Kier molecular flexibility index (Phi) is 8.41. The molecule has 1 aliphatic rings. The fourth-order valence-electron chi connectivity index (χ4n) is 3.92. The van der Waals surface area contributed by atoms with E-state index >= 15 is 0 Å². The monoisotopic (exact) mass is 528 g/mol. The van der Waals surface area contributed by atoms with E-state index in [0.29, 0.717) is 12.2 Å². The summed E-state index contributed by atoms with van der Waals surface area (Å²) in [5, 5.41) is 2.58. The number of methoxy groups -OCH3 is 1. The van der Waals surface area contributed by atoms with Crippen molar-refractivity contribution >= 4 is 27.9 Å². The van der Waals surface area contributed by atoms with Gasteiger partial charge in [-0.2, -0.15) is 8.78 Å². The Morgan fingerprint density at radius 3 is 2.61 bits per heavy atom. The van der Waals surface area contributed by atoms with E-state index in [9.17, 15) is 18.4 Å². The average molecular weight is 529 g/mol. The quantitative estimate of drug-likeness (QED) is 0.530. The zero-order valence-corrected chi connectivity index (χ0v) is 20.1. The number of hydrogen-bond acceptors (Lipinski definition) is 5. The maximum absolute atomic E-state index is 13.4. The topological polar surface area (TPSA) is 96.6 Å². The van der Waals surface area contributed by atoms with E-state index in [1.807, 2.05) is 24.3 Å². The van der Waals surface area contributed by atoms with E-state index in [4.69, 9.17) is 0 Å². The molecule has 8 nitrogen and oxygen atoms in total. The van der Waals surface area contributed by atoms with E-state index in [2.05, 4.69) is 40.7 Å². The van der Waals surface area contributed by atoms with Gasteiger partial charge in [0.15, 0.2) is 0 Å². The average Bonchev–Trinajstić information content (AvgIpc) is 3.43. The fourth-order valence-corrected chi connectivity index (χ4v) is 4.18. The van der Waals surface area contributed by atoms with Gasteiger partial charge in [-0.25, -0.2) is 9.78 Å². The van der Waals surface area contributed by atoms with Crippen molar-refractivity contribution < 1.29 is 27.8 Å². The molecule has 33 heavy (non-hydrogen) atoms. The third-order valence-electron chi connectivity index (χ3n) is 5.59. The Balaban J connectivity index is 1.86. The molecule has 0 spiro atoms. The molecule has 3 rings (SSSR count). The lowest BCUT2D eigenvalue weighted by molar-refractivity contribution is -0.139. The molecule has 1 aromatic heterocycles. The molecule has 0 bridgehead atoms. The number of nitrogens with zero attached hydrogens (tertiary/aromatic N) is 2. The highest BCUT2D eigenvalue weighted by molar-refractivity contribution is 9.10. The Morgan fingerprint density at radius 2 is 2.00 bits per heavy atom. The van der Waals surface area contributed by atoms with Gasteiger partial charge in [0.2, 0.25) is 5.91 Å². The summed E-state index contributed by atoms with van der Waals surface area (Å²) in [5.74, 6) is -0.313. The van der Waals surface area contributed by atoms with Crippen LogP contribution in [0.2, 0.25) is 0 Å². The number of aromatic nitrogens is 2. The zero-order valence-electron chi connectivity index (χ0n) is 18.6. The maximum atomic E-state index is 13.4. The van der Waals surface area contributed by atoms with Crippen LogP contribution >= 0.6 is 15.9 Å². The molecule has 0 saturated carbocycles. The molecule has 3 atom stereocenters. The number of carbonyl (C=O) groups excluding carboxylic acids is 2. The number of likely N-dealkylation sites (tertiary alicyclic amines) is 1. The van der Waals surface area contributed by atoms with Gasteiger partial charge in [-0.05, 0) is 30.0 Å². The zero-order chi connectivity index (χ0) is 24.1. The van der Waals surface area contributed by atoms with Crippen LogP contribution in [-0.4, -0.2) is 59.8 Å². The Bertz CT molecular complexity index is 954. The van der Waals surface area contributed by atoms with Crippen molar-refractivity contribution in [2.75, 3.05) is 20.3 Å². The third-order valence-corrected chi connectivity index (χ3v) is 6.12. The maximum Gasteiger partial charge on any atom is 0.407 e. The van der Waals surface area contributed by atoms with Crippen molar-refractivity contribution in [2.24, 2.45) is 11.8 Å². The van der Waals surface area contributed by atoms with Crippen molar-refractivity contribution in [2.45, 2.75) is 39.0 Å². The number of benzene rings is 1. The normalized spacial score (nSPS) is 19.2. The lowest BCUT2D eigenvalue weighted by Gasteiger charge is -2.30. The molecule has 2 aromatic rings. The predicted octanol–water partition coefficient (Wildman–Crippen LogP) is 4.35. The minimum Gasteiger partial charge on any atom is -0.453 e. The van der Waals surface area contributed by atoms with Crippen molar-refractivity contribution in [1.82, 2.24) is 20.2 Å². The third kappa shape index (κ3) is 6.29. The molecule has 1 saturated heterocycles. The van der Waals surface area contributed by atoms with Gasteiger partial charge >= 0.3 is 12.7 Å². The van der Waals surface area contributed by atoms with Crippen molar-refractivity contribution in [3.63, 3.8) is 0 Å². The van der Waals surface area contributed by atoms with Gasteiger partial charge < -0.3 is 24.7 Å². The van der Waals surface area contributed by atoms with Crippen LogP contribution in [0.5, 0.6) is 0 Å². The molecule has 3 unspecified atom stereocenters. The number of H-pyrrole nitrogens is 1. The first-order chi connectivity index (χ1) is 15.7. The molecule has 11 heteroatoms. The van der Waals surface area contributed by atoms with Crippen LogP contribution in [-0.2, 0) is 14.3 Å². The van der Waals surface area contributed by atoms with Crippen LogP contribution in [0.3, 0.4) is 0 Å². The summed E-state index contributed by atoms with van der Waals surface area (Å²) in [6.45, 7) is 0.746. The summed E-state index contributed by atoms with van der Waals surface area (Å²) in [6.07, 6.45) is 1.36. The van der Waals surface area contributed by atoms with E-state index in [1.165, 1.54) is 7.11 Å². The minimum absolute atomic E-state index is 0.186. The number of amides is 2. The highest BCUT2D eigenvalue weighted by atomic mass is 79.9. The second-order valence-corrected chi connectivity index (χ2v) is 9.16. The van der Waals surface area contributed by atoms with E-state index < -0.39 is 24.8 Å². The molecular weight excluding hydrogens is 502 g/mol. The Labute approximate surface area is 199 Å². The van der Waals surface area contributed by atoms with Crippen LogP contribution in [0.25, 0.3) is 11.3 Å². The van der Waals surface area contributed by atoms with Gasteiger partial charge in [0.25, 0.3) is 0 Å². The number of alkyl halides is 2. The van der Waals surface area contributed by atoms with Crippen LogP contribution in [0.4, 0.5) is 13.6 Å². The second kappa shape index (κ2) is 11.1. The van der Waals surface area contributed by atoms with E-state index in [0.717, 1.165) is 15.7 Å². The Hall–Kier alpha value is -2.53. The molecule has 2 heterocycles. The van der Waals surface area contributed by atoms with Gasteiger partial charge in [0, 0.05) is 16.9 Å². The molecule has 1 aromatic carbocycles. The number of alkyl carbamates (subject to hydrolysis) is 1. The van der Waals surface area contributed by atoms with Crippen molar-refractivity contribution in [3.05, 3.63) is 40.8 Å². The molecule has 1 fully saturated rings. The summed E-state index contributed by atoms with van der Waals surface area (Å²) in [4.78, 5) is 34.5. The molecule has 180 valence electrons. The van der Waals surface area contributed by atoms with Crippen molar-refractivity contribution in [1.29, 1.82) is 0 Å². The number of carbonyl (C=O) groups is 2. The van der Waals surface area contributed by atoms with Gasteiger partial charge in [-0.1, -0.05) is 41.9 Å². The van der Waals surface area contributed by atoms with Crippen LogP contribution in [0, 0.1) is 11.8 Å². The van der Waals surface area contributed by atoms with Crippen LogP contribution < -0.4 is 5.32 Å². The van der Waals surface area contributed by atoms with E-state index in [1.54, 1.807) is 24.9 Å². The van der Waals surface area contributed by atoms with E-state index in [-0.39, 0.29) is 30.9 Å². The Morgan fingerprint density at radius 1 is 1.30 bits per heavy atom. The summed E-state index contributed by atoms with van der Waals surface area (Å²) in [6, 6.07) is 6.35. The molecule has 2 N–H and O–H groups in total. The smallest absolute Gasteiger partial charge is 0.407 e. The molecule has 0 radical (unpaired) electrons. The lowest BCUT2D eigenvalue weighted by Crippen LogP contribution is -2.51. The number of rotatable bonds is 8. The number of nitrogens with one attached hydrogen (secondary N) is 2. The number of halogens is 3. The summed E-state index contributed by atoms with van der Waals surface area (Å²) in [7, 11) is 1.22. The first-order valence-electron chi connectivity index (χ1n) is 10.5.